The molecule has 0 saturated carbocycles. The monoisotopic (exact) mass is 983 g/mol. The molecule has 0 amide bonds. The van der Waals surface area contributed by atoms with Gasteiger partial charge in [0.2, 0.25) is 0 Å². The van der Waals surface area contributed by atoms with Crippen molar-refractivity contribution in [2.45, 2.75) is 258 Å². The molecule has 6 heteroatoms. The SMILES string of the molecule is CC/C=C\C/C=C\C/C=C\C/C=C\C/C=C\C/C=C\CCC(=O)OC(COC(=O)CCCCCCC)COC(=O)CCCCCCCCCCCCCCCCCC/C=C\C/C=C\C/C=C\C/C=C\CC. The summed E-state index contributed by atoms with van der Waals surface area (Å²) in [6.45, 7) is 6.26. The molecule has 0 heterocycles. The lowest BCUT2D eigenvalue weighted by atomic mass is 10.0. The van der Waals surface area contributed by atoms with Gasteiger partial charge in [0, 0.05) is 19.3 Å². The third-order valence-electron chi connectivity index (χ3n) is 12.0. The van der Waals surface area contributed by atoms with Gasteiger partial charge in [-0.05, 0) is 96.3 Å². The molecule has 0 spiro atoms. The zero-order valence-electron chi connectivity index (χ0n) is 45.9. The van der Waals surface area contributed by atoms with Crippen molar-refractivity contribution >= 4 is 17.9 Å². The van der Waals surface area contributed by atoms with Crippen LogP contribution < -0.4 is 0 Å². The van der Waals surface area contributed by atoms with E-state index in [-0.39, 0.29) is 31.6 Å². The van der Waals surface area contributed by atoms with Crippen molar-refractivity contribution in [2.75, 3.05) is 13.2 Å². The van der Waals surface area contributed by atoms with E-state index in [1.54, 1.807) is 0 Å². The summed E-state index contributed by atoms with van der Waals surface area (Å²) < 4.78 is 16.6. The summed E-state index contributed by atoms with van der Waals surface area (Å²) >= 11 is 0. The van der Waals surface area contributed by atoms with E-state index in [4.69, 9.17) is 14.2 Å². The summed E-state index contributed by atoms with van der Waals surface area (Å²) in [5.41, 5.74) is 0. The number of hydrogen-bond acceptors (Lipinski definition) is 6. The summed E-state index contributed by atoms with van der Waals surface area (Å²) in [6, 6.07) is 0. The summed E-state index contributed by atoms with van der Waals surface area (Å²) in [4.78, 5) is 37.8. The fraction of sp³-hybridized carbons (Fsp3) is 0.646. The Balaban J connectivity index is 4.12. The van der Waals surface area contributed by atoms with E-state index in [9.17, 15) is 14.4 Å². The number of carbonyl (C=O) groups excluding carboxylic acids is 3. The molecule has 0 bridgehead atoms. The van der Waals surface area contributed by atoms with Crippen molar-refractivity contribution in [3.8, 4) is 0 Å². The van der Waals surface area contributed by atoms with Gasteiger partial charge in [-0.1, -0.05) is 258 Å². The minimum Gasteiger partial charge on any atom is -0.462 e. The lowest BCUT2D eigenvalue weighted by Gasteiger charge is -2.18. The molecule has 0 fully saturated rings. The Kier molecular flexibility index (Phi) is 54.9. The first kappa shape index (κ1) is 66.8. The maximum Gasteiger partial charge on any atom is 0.306 e. The molecule has 0 aromatic carbocycles. The van der Waals surface area contributed by atoms with Crippen LogP contribution in [0.25, 0.3) is 0 Å². The smallest absolute Gasteiger partial charge is 0.306 e. The molecule has 0 aromatic heterocycles. The van der Waals surface area contributed by atoms with Gasteiger partial charge in [0.15, 0.2) is 6.10 Å². The van der Waals surface area contributed by atoms with Crippen LogP contribution in [-0.4, -0.2) is 37.2 Å². The van der Waals surface area contributed by atoms with Gasteiger partial charge in [-0.2, -0.15) is 0 Å². The Hall–Kier alpha value is -4.19. The fourth-order valence-corrected chi connectivity index (χ4v) is 7.69. The lowest BCUT2D eigenvalue weighted by molar-refractivity contribution is -0.166. The van der Waals surface area contributed by atoms with Gasteiger partial charge in [0.25, 0.3) is 0 Å². The van der Waals surface area contributed by atoms with Crippen molar-refractivity contribution in [1.82, 2.24) is 0 Å². The molecule has 0 aliphatic rings. The Morgan fingerprint density at radius 2 is 0.577 bits per heavy atom. The zero-order chi connectivity index (χ0) is 51.4. The normalized spacial score (nSPS) is 13.0. The van der Waals surface area contributed by atoms with Crippen LogP contribution in [0.5, 0.6) is 0 Å². The number of ether oxygens (including phenoxy) is 3. The second kappa shape index (κ2) is 58.4. The van der Waals surface area contributed by atoms with Gasteiger partial charge in [-0.3, -0.25) is 14.4 Å². The first-order chi connectivity index (χ1) is 35.0. The summed E-state index contributed by atoms with van der Waals surface area (Å²) in [6.07, 6.45) is 81.2. The molecule has 0 saturated heterocycles. The van der Waals surface area contributed by atoms with Gasteiger partial charge in [0.05, 0.1) is 0 Å². The molecule has 0 aromatic rings. The molecule has 0 rings (SSSR count). The molecule has 0 aliphatic heterocycles. The van der Waals surface area contributed by atoms with E-state index in [1.807, 2.05) is 12.2 Å². The highest BCUT2D eigenvalue weighted by atomic mass is 16.6. The van der Waals surface area contributed by atoms with Crippen LogP contribution >= 0.6 is 0 Å². The Morgan fingerprint density at radius 3 is 0.915 bits per heavy atom. The topological polar surface area (TPSA) is 78.9 Å². The number of unbranched alkanes of at least 4 members (excludes halogenated alkanes) is 20. The third kappa shape index (κ3) is 56.6. The molecule has 402 valence electrons. The summed E-state index contributed by atoms with van der Waals surface area (Å²) in [7, 11) is 0. The molecule has 0 aliphatic carbocycles. The van der Waals surface area contributed by atoms with Gasteiger partial charge in [-0.15, -0.1) is 0 Å². The van der Waals surface area contributed by atoms with E-state index in [2.05, 4.69) is 130 Å². The van der Waals surface area contributed by atoms with E-state index in [0.29, 0.717) is 19.3 Å². The van der Waals surface area contributed by atoms with E-state index < -0.39 is 12.1 Å². The first-order valence-electron chi connectivity index (χ1n) is 29.0. The average Bonchev–Trinajstić information content (AvgIpc) is 3.37. The van der Waals surface area contributed by atoms with Crippen molar-refractivity contribution in [3.63, 3.8) is 0 Å². The van der Waals surface area contributed by atoms with Crippen LogP contribution in [0.3, 0.4) is 0 Å². The Morgan fingerprint density at radius 1 is 0.296 bits per heavy atom. The quantitative estimate of drug-likeness (QED) is 0.0261. The molecule has 0 N–H and O–H groups in total. The summed E-state index contributed by atoms with van der Waals surface area (Å²) in [5.74, 6) is -1.01. The molecular weight excluding hydrogens is 877 g/mol. The highest BCUT2D eigenvalue weighted by Gasteiger charge is 2.19. The minimum absolute atomic E-state index is 0.109. The molecule has 6 nitrogen and oxygen atoms in total. The second-order valence-electron chi connectivity index (χ2n) is 18.8. The van der Waals surface area contributed by atoms with Crippen molar-refractivity contribution in [3.05, 3.63) is 122 Å². The van der Waals surface area contributed by atoms with Crippen LogP contribution in [0.4, 0.5) is 0 Å². The summed E-state index contributed by atoms with van der Waals surface area (Å²) in [5, 5.41) is 0. The zero-order valence-corrected chi connectivity index (χ0v) is 45.9. The largest absolute Gasteiger partial charge is 0.462 e. The fourth-order valence-electron chi connectivity index (χ4n) is 7.69. The molecule has 0 radical (unpaired) electrons. The maximum atomic E-state index is 12.7. The number of rotatable bonds is 51. The van der Waals surface area contributed by atoms with Crippen molar-refractivity contribution in [1.29, 1.82) is 0 Å². The van der Waals surface area contributed by atoms with Crippen LogP contribution in [0.1, 0.15) is 252 Å². The van der Waals surface area contributed by atoms with E-state index in [0.717, 1.165) is 116 Å². The predicted molar refractivity (Wildman–Crippen MR) is 306 cm³/mol. The van der Waals surface area contributed by atoms with Crippen LogP contribution in [-0.2, 0) is 28.6 Å². The van der Waals surface area contributed by atoms with Gasteiger partial charge < -0.3 is 14.2 Å². The lowest BCUT2D eigenvalue weighted by Crippen LogP contribution is -2.30. The van der Waals surface area contributed by atoms with Gasteiger partial charge >= 0.3 is 17.9 Å². The number of carbonyl (C=O) groups is 3. The first-order valence-corrected chi connectivity index (χ1v) is 29.0. The molecule has 71 heavy (non-hydrogen) atoms. The number of allylic oxidation sites excluding steroid dienone is 20. The van der Waals surface area contributed by atoms with Crippen LogP contribution in [0.2, 0.25) is 0 Å². The second-order valence-corrected chi connectivity index (χ2v) is 18.8. The van der Waals surface area contributed by atoms with Crippen LogP contribution in [0.15, 0.2) is 122 Å². The standard InChI is InChI=1S/C65H106O6/c1-4-7-10-13-15-17-19-21-23-25-27-28-29-30-31-32-33-34-35-36-38-39-41-43-45-47-49-52-55-58-64(67)70-61-62(60-69-63(66)57-54-51-12-9-6-3)71-65(68)59-56-53-50-48-46-44-42-40-37-26-24-22-20-18-16-14-11-8-5-2/h7-8,10-11,15-18,21-24,27-28,37,40,44,46,50,53,62H,4-6,9,12-14,19-20,25-26,29-36,38-39,41-43,45,47-49,51-52,54-61H2,1-3H3/b10-7-,11-8-,17-15-,18-16-,23-21-,24-22-,28-27-,40-37-,46-44-,53-50-. The predicted octanol–water partition coefficient (Wildman–Crippen LogP) is 19.6. The molecular formula is C65H106O6. The third-order valence-corrected chi connectivity index (χ3v) is 12.0. The Labute approximate surface area is 437 Å². The van der Waals surface area contributed by atoms with Crippen molar-refractivity contribution in [2.24, 2.45) is 0 Å². The van der Waals surface area contributed by atoms with Gasteiger partial charge in [-0.25, -0.2) is 0 Å². The van der Waals surface area contributed by atoms with Crippen molar-refractivity contribution < 1.29 is 28.6 Å². The highest BCUT2D eigenvalue weighted by Crippen LogP contribution is 2.15. The van der Waals surface area contributed by atoms with E-state index >= 15 is 0 Å². The number of esters is 3. The van der Waals surface area contributed by atoms with E-state index in [1.165, 1.54) is 89.9 Å². The molecule has 1 atom stereocenters. The van der Waals surface area contributed by atoms with Gasteiger partial charge in [0.1, 0.15) is 13.2 Å². The number of hydrogen-bond donors (Lipinski definition) is 0. The maximum absolute atomic E-state index is 12.7. The Bertz CT molecular complexity index is 1500. The van der Waals surface area contributed by atoms with Crippen LogP contribution in [0, 0.1) is 0 Å². The highest BCUT2D eigenvalue weighted by molar-refractivity contribution is 5.71. The molecule has 1 unspecified atom stereocenters. The minimum atomic E-state index is -0.816. The average molecular weight is 984 g/mol.